The van der Waals surface area contributed by atoms with Crippen LogP contribution in [0.1, 0.15) is 17.3 Å². The van der Waals surface area contributed by atoms with Crippen molar-refractivity contribution in [3.63, 3.8) is 0 Å². The van der Waals surface area contributed by atoms with Crippen molar-refractivity contribution in [2.75, 3.05) is 0 Å². The second-order valence-corrected chi connectivity index (χ2v) is 3.72. The third-order valence-electron chi connectivity index (χ3n) is 1.74. The topological polar surface area (TPSA) is 26.3 Å². The molecule has 1 aromatic carbocycles. The minimum Gasteiger partial charge on any atom is -0.485 e. The molecular weight excluding hydrogens is 244 g/mol. The SMILES string of the molecule is C=CC(C)Oc1ccc(C=O)cc1Br. The Labute approximate surface area is 91.7 Å². The van der Waals surface area contributed by atoms with Crippen molar-refractivity contribution in [1.82, 2.24) is 0 Å². The molecule has 2 nitrogen and oxygen atoms in total. The highest BCUT2D eigenvalue weighted by atomic mass is 79.9. The van der Waals surface area contributed by atoms with Crippen LogP contribution in [0.5, 0.6) is 5.75 Å². The van der Waals surface area contributed by atoms with Gasteiger partial charge >= 0.3 is 0 Å². The fraction of sp³-hybridized carbons (Fsp3) is 0.182. The quantitative estimate of drug-likeness (QED) is 0.610. The number of carbonyl (C=O) groups excluding carboxylic acids is 1. The number of hydrogen-bond donors (Lipinski definition) is 0. The van der Waals surface area contributed by atoms with Crippen LogP contribution in [-0.4, -0.2) is 12.4 Å². The van der Waals surface area contributed by atoms with E-state index in [1.807, 2.05) is 6.92 Å². The Bertz CT molecular complexity index is 347. The molecule has 74 valence electrons. The first-order chi connectivity index (χ1) is 6.67. The van der Waals surface area contributed by atoms with Crippen molar-refractivity contribution in [2.24, 2.45) is 0 Å². The maximum Gasteiger partial charge on any atom is 0.150 e. The Balaban J connectivity index is 2.88. The molecule has 0 aliphatic heterocycles. The molecule has 0 radical (unpaired) electrons. The lowest BCUT2D eigenvalue weighted by Crippen LogP contribution is -2.07. The second kappa shape index (κ2) is 4.96. The molecule has 0 aliphatic rings. The zero-order valence-corrected chi connectivity index (χ0v) is 9.45. The number of halogens is 1. The summed E-state index contributed by atoms with van der Waals surface area (Å²) in [6.07, 6.45) is 2.46. The second-order valence-electron chi connectivity index (χ2n) is 2.87. The van der Waals surface area contributed by atoms with Gasteiger partial charge in [0.15, 0.2) is 0 Å². The average Bonchev–Trinajstić information content (AvgIpc) is 2.20. The smallest absolute Gasteiger partial charge is 0.150 e. The molecule has 3 heteroatoms. The van der Waals surface area contributed by atoms with E-state index in [0.29, 0.717) is 11.3 Å². The highest BCUT2D eigenvalue weighted by Crippen LogP contribution is 2.26. The van der Waals surface area contributed by atoms with E-state index in [1.54, 1.807) is 24.3 Å². The van der Waals surface area contributed by atoms with Crippen LogP contribution >= 0.6 is 15.9 Å². The maximum atomic E-state index is 10.5. The van der Waals surface area contributed by atoms with Crippen molar-refractivity contribution >= 4 is 22.2 Å². The van der Waals surface area contributed by atoms with Crippen LogP contribution in [0.2, 0.25) is 0 Å². The van der Waals surface area contributed by atoms with Gasteiger partial charge in [0.2, 0.25) is 0 Å². The minimum atomic E-state index is -0.0478. The van der Waals surface area contributed by atoms with Gasteiger partial charge in [-0.3, -0.25) is 4.79 Å². The van der Waals surface area contributed by atoms with Gasteiger partial charge in [-0.2, -0.15) is 0 Å². The molecular formula is C11H11BrO2. The molecule has 0 saturated carbocycles. The fourth-order valence-corrected chi connectivity index (χ4v) is 1.42. The molecule has 0 heterocycles. The molecule has 0 saturated heterocycles. The van der Waals surface area contributed by atoms with E-state index in [0.717, 1.165) is 10.8 Å². The van der Waals surface area contributed by atoms with Gasteiger partial charge in [0.1, 0.15) is 18.1 Å². The first-order valence-corrected chi connectivity index (χ1v) is 5.00. The molecule has 0 N–H and O–H groups in total. The Morgan fingerprint density at radius 3 is 2.79 bits per heavy atom. The predicted octanol–water partition coefficient (Wildman–Crippen LogP) is 3.21. The van der Waals surface area contributed by atoms with Gasteiger partial charge < -0.3 is 4.74 Å². The van der Waals surface area contributed by atoms with Gasteiger partial charge in [-0.05, 0) is 41.1 Å². The van der Waals surface area contributed by atoms with Gasteiger partial charge in [-0.1, -0.05) is 12.7 Å². The summed E-state index contributed by atoms with van der Waals surface area (Å²) >= 11 is 3.33. The van der Waals surface area contributed by atoms with E-state index in [2.05, 4.69) is 22.5 Å². The number of carbonyl (C=O) groups is 1. The summed E-state index contributed by atoms with van der Waals surface area (Å²) < 4.78 is 6.29. The normalized spacial score (nSPS) is 11.9. The van der Waals surface area contributed by atoms with E-state index >= 15 is 0 Å². The number of benzene rings is 1. The Morgan fingerprint density at radius 1 is 1.57 bits per heavy atom. The van der Waals surface area contributed by atoms with Crippen LogP contribution in [0.15, 0.2) is 35.3 Å². The number of hydrogen-bond acceptors (Lipinski definition) is 2. The van der Waals surface area contributed by atoms with Crippen LogP contribution in [0.4, 0.5) is 0 Å². The molecule has 1 atom stereocenters. The monoisotopic (exact) mass is 254 g/mol. The van der Waals surface area contributed by atoms with Crippen molar-refractivity contribution < 1.29 is 9.53 Å². The van der Waals surface area contributed by atoms with E-state index < -0.39 is 0 Å². The molecule has 0 spiro atoms. The van der Waals surface area contributed by atoms with Crippen molar-refractivity contribution in [2.45, 2.75) is 13.0 Å². The summed E-state index contributed by atoms with van der Waals surface area (Å²) in [4.78, 5) is 10.5. The molecule has 0 aliphatic carbocycles. The first-order valence-electron chi connectivity index (χ1n) is 4.21. The summed E-state index contributed by atoms with van der Waals surface area (Å²) in [5.41, 5.74) is 0.621. The number of rotatable bonds is 4. The minimum absolute atomic E-state index is 0.0478. The Morgan fingerprint density at radius 2 is 2.29 bits per heavy atom. The van der Waals surface area contributed by atoms with Gasteiger partial charge in [0.25, 0.3) is 0 Å². The third kappa shape index (κ3) is 2.70. The van der Waals surface area contributed by atoms with Gasteiger partial charge in [0.05, 0.1) is 4.47 Å². The Hall–Kier alpha value is -1.09. The van der Waals surface area contributed by atoms with Crippen LogP contribution < -0.4 is 4.74 Å². The van der Waals surface area contributed by atoms with Crippen LogP contribution in [0.25, 0.3) is 0 Å². The largest absolute Gasteiger partial charge is 0.485 e. The molecule has 1 rings (SSSR count). The highest BCUT2D eigenvalue weighted by Gasteiger charge is 2.04. The summed E-state index contributed by atoms with van der Waals surface area (Å²) in [6.45, 7) is 5.52. The molecule has 0 amide bonds. The standard InChI is InChI=1S/C11H11BrO2/c1-3-8(2)14-11-5-4-9(7-13)6-10(11)12/h3-8H,1H2,2H3. The van der Waals surface area contributed by atoms with E-state index in [4.69, 9.17) is 4.74 Å². The number of ether oxygens (including phenoxy) is 1. The Kier molecular flexibility index (Phi) is 3.89. The highest BCUT2D eigenvalue weighted by molar-refractivity contribution is 9.10. The molecule has 1 aromatic rings. The van der Waals surface area contributed by atoms with E-state index in [1.165, 1.54) is 0 Å². The van der Waals surface area contributed by atoms with Crippen LogP contribution in [-0.2, 0) is 0 Å². The molecule has 0 fully saturated rings. The maximum absolute atomic E-state index is 10.5. The lowest BCUT2D eigenvalue weighted by atomic mass is 10.2. The van der Waals surface area contributed by atoms with Gasteiger partial charge in [-0.25, -0.2) is 0 Å². The van der Waals surface area contributed by atoms with Crippen LogP contribution in [0.3, 0.4) is 0 Å². The molecule has 1 unspecified atom stereocenters. The summed E-state index contributed by atoms with van der Waals surface area (Å²) in [6, 6.07) is 5.19. The molecule has 14 heavy (non-hydrogen) atoms. The van der Waals surface area contributed by atoms with Crippen molar-refractivity contribution in [3.05, 3.63) is 40.9 Å². The molecule has 0 aromatic heterocycles. The van der Waals surface area contributed by atoms with Crippen molar-refractivity contribution in [1.29, 1.82) is 0 Å². The van der Waals surface area contributed by atoms with Crippen molar-refractivity contribution in [3.8, 4) is 5.75 Å². The zero-order chi connectivity index (χ0) is 10.6. The third-order valence-corrected chi connectivity index (χ3v) is 2.36. The lowest BCUT2D eigenvalue weighted by Gasteiger charge is -2.11. The summed E-state index contributed by atoms with van der Waals surface area (Å²) in [7, 11) is 0. The number of aldehydes is 1. The average molecular weight is 255 g/mol. The summed E-state index contributed by atoms with van der Waals surface area (Å²) in [5, 5.41) is 0. The first kappa shape index (κ1) is 11.0. The van der Waals surface area contributed by atoms with E-state index in [9.17, 15) is 4.79 Å². The van der Waals surface area contributed by atoms with Crippen LogP contribution in [0, 0.1) is 0 Å². The fourth-order valence-electron chi connectivity index (χ4n) is 0.934. The van der Waals surface area contributed by atoms with E-state index in [-0.39, 0.29) is 6.10 Å². The van der Waals surface area contributed by atoms with Gasteiger partial charge in [-0.15, -0.1) is 0 Å². The predicted molar refractivity (Wildman–Crippen MR) is 59.8 cm³/mol. The summed E-state index contributed by atoms with van der Waals surface area (Å²) in [5.74, 6) is 0.711. The lowest BCUT2D eigenvalue weighted by molar-refractivity contribution is 0.112. The van der Waals surface area contributed by atoms with Gasteiger partial charge in [0, 0.05) is 5.56 Å². The molecule has 0 bridgehead atoms. The zero-order valence-electron chi connectivity index (χ0n) is 7.87.